The highest BCUT2D eigenvalue weighted by Crippen LogP contribution is 2.10. The van der Waals surface area contributed by atoms with E-state index in [4.69, 9.17) is 10.3 Å². The summed E-state index contributed by atoms with van der Waals surface area (Å²) in [5, 5.41) is 0. The van der Waals surface area contributed by atoms with E-state index in [9.17, 15) is 8.42 Å². The van der Waals surface area contributed by atoms with Crippen molar-refractivity contribution in [1.29, 1.82) is 0 Å². The van der Waals surface area contributed by atoms with Crippen molar-refractivity contribution < 1.29 is 13.0 Å². The summed E-state index contributed by atoms with van der Waals surface area (Å²) in [7, 11) is -2.58. The average Bonchev–Trinajstić information content (AvgIpc) is 2.07. The van der Waals surface area contributed by atoms with Gasteiger partial charge in [0.05, 0.1) is 4.90 Å². The van der Waals surface area contributed by atoms with Gasteiger partial charge in [-0.25, -0.2) is 0 Å². The molecule has 1 aromatic carbocycles. The monoisotopic (exact) mass is 204 g/mol. The maximum Gasteiger partial charge on any atom is 0.294 e. The molecule has 0 unspecified atom stereocenters. The fourth-order valence-corrected chi connectivity index (χ4v) is 1.12. The van der Waals surface area contributed by atoms with Crippen LogP contribution in [0.15, 0.2) is 29.2 Å². The molecule has 0 aromatic heterocycles. The van der Waals surface area contributed by atoms with E-state index in [0.717, 1.165) is 0 Å². The second-order valence-electron chi connectivity index (χ2n) is 2.04. The topological polar surface area (TPSA) is 106 Å². The minimum atomic E-state index is -4.08. The Bertz CT molecular complexity index is 345. The van der Waals surface area contributed by atoms with Crippen LogP contribution in [0.3, 0.4) is 0 Å². The SMILES string of the molecule is CN.Nc1ccc(S(=O)(=O)O)cc1. The molecule has 0 bridgehead atoms. The normalized spacial score (nSPS) is 10.1. The number of benzene rings is 1. The van der Waals surface area contributed by atoms with Crippen molar-refractivity contribution in [3.05, 3.63) is 24.3 Å². The highest BCUT2D eigenvalue weighted by molar-refractivity contribution is 7.85. The van der Waals surface area contributed by atoms with Crippen molar-refractivity contribution in [2.45, 2.75) is 4.90 Å². The molecule has 74 valence electrons. The standard InChI is InChI=1S/C6H7NO3S.CH5N/c7-5-1-3-6(4-2-5)11(8,9)10;1-2/h1-4H,7H2,(H,8,9,10);2H2,1H3. The number of nitrogen functional groups attached to an aromatic ring is 1. The van der Waals surface area contributed by atoms with Gasteiger partial charge in [-0.3, -0.25) is 4.55 Å². The van der Waals surface area contributed by atoms with E-state index >= 15 is 0 Å². The Morgan fingerprint density at radius 1 is 1.15 bits per heavy atom. The van der Waals surface area contributed by atoms with E-state index in [2.05, 4.69) is 5.73 Å². The molecule has 0 spiro atoms. The lowest BCUT2D eigenvalue weighted by Gasteiger charge is -1.95. The van der Waals surface area contributed by atoms with E-state index in [-0.39, 0.29) is 4.90 Å². The molecule has 1 rings (SSSR count). The van der Waals surface area contributed by atoms with Crippen molar-refractivity contribution >= 4 is 15.8 Å². The molecule has 0 fully saturated rings. The molecule has 0 atom stereocenters. The number of anilines is 1. The number of hydrogen-bond acceptors (Lipinski definition) is 4. The molecule has 0 saturated heterocycles. The highest BCUT2D eigenvalue weighted by Gasteiger charge is 2.06. The molecule has 6 heteroatoms. The van der Waals surface area contributed by atoms with Gasteiger partial charge in [0.1, 0.15) is 0 Å². The van der Waals surface area contributed by atoms with E-state index < -0.39 is 10.1 Å². The summed E-state index contributed by atoms with van der Waals surface area (Å²) in [6.07, 6.45) is 0. The molecule has 13 heavy (non-hydrogen) atoms. The first-order valence-corrected chi connectivity index (χ1v) is 4.85. The third-order valence-corrected chi connectivity index (χ3v) is 2.05. The number of rotatable bonds is 1. The second-order valence-corrected chi connectivity index (χ2v) is 3.47. The fraction of sp³-hybridized carbons (Fsp3) is 0.143. The predicted octanol–water partition coefficient (Wildman–Crippen LogP) is 0.0904. The minimum Gasteiger partial charge on any atom is -0.399 e. The molecule has 0 amide bonds. The van der Waals surface area contributed by atoms with Gasteiger partial charge < -0.3 is 11.5 Å². The van der Waals surface area contributed by atoms with E-state index in [1.165, 1.54) is 31.3 Å². The third-order valence-electron chi connectivity index (χ3n) is 1.18. The smallest absolute Gasteiger partial charge is 0.294 e. The van der Waals surface area contributed by atoms with E-state index in [1.807, 2.05) is 0 Å². The van der Waals surface area contributed by atoms with Crippen LogP contribution in [0, 0.1) is 0 Å². The van der Waals surface area contributed by atoms with Crippen LogP contribution in [0.4, 0.5) is 5.69 Å². The molecule has 5 nitrogen and oxygen atoms in total. The average molecular weight is 204 g/mol. The summed E-state index contributed by atoms with van der Waals surface area (Å²) in [6, 6.07) is 5.29. The molecule has 1 aromatic rings. The summed E-state index contributed by atoms with van der Waals surface area (Å²) in [5.74, 6) is 0. The summed E-state index contributed by atoms with van der Waals surface area (Å²) < 4.78 is 29.4. The molecular weight excluding hydrogens is 192 g/mol. The molecule has 0 aliphatic carbocycles. The summed E-state index contributed by atoms with van der Waals surface area (Å²) in [4.78, 5) is -0.147. The molecular formula is C7H12N2O3S. The summed E-state index contributed by atoms with van der Waals surface area (Å²) >= 11 is 0. The lowest BCUT2D eigenvalue weighted by Crippen LogP contribution is -1.97. The van der Waals surface area contributed by atoms with Crippen molar-refractivity contribution in [2.75, 3.05) is 12.8 Å². The highest BCUT2D eigenvalue weighted by atomic mass is 32.2. The summed E-state index contributed by atoms with van der Waals surface area (Å²) in [5.41, 5.74) is 10.2. The largest absolute Gasteiger partial charge is 0.399 e. The molecule has 0 aliphatic rings. The Morgan fingerprint density at radius 3 is 1.85 bits per heavy atom. The lowest BCUT2D eigenvalue weighted by atomic mass is 10.3. The molecule has 0 aliphatic heterocycles. The van der Waals surface area contributed by atoms with Gasteiger partial charge in [0.2, 0.25) is 0 Å². The van der Waals surface area contributed by atoms with Crippen molar-refractivity contribution in [2.24, 2.45) is 5.73 Å². The second kappa shape index (κ2) is 4.80. The van der Waals surface area contributed by atoms with Crippen LogP contribution >= 0.6 is 0 Å². The van der Waals surface area contributed by atoms with Gasteiger partial charge in [0, 0.05) is 5.69 Å². The van der Waals surface area contributed by atoms with Crippen LogP contribution in [-0.2, 0) is 10.1 Å². The van der Waals surface area contributed by atoms with Crippen molar-refractivity contribution in [3.63, 3.8) is 0 Å². The Hall–Kier alpha value is -1.11. The van der Waals surface area contributed by atoms with Gasteiger partial charge in [0.15, 0.2) is 0 Å². The number of nitrogens with two attached hydrogens (primary N) is 2. The van der Waals surface area contributed by atoms with Gasteiger partial charge in [-0.1, -0.05) is 0 Å². The molecule has 0 radical (unpaired) electrons. The Morgan fingerprint density at radius 2 is 1.54 bits per heavy atom. The van der Waals surface area contributed by atoms with Gasteiger partial charge in [0.25, 0.3) is 10.1 Å². The first-order chi connectivity index (χ1) is 6.00. The number of hydrogen-bond donors (Lipinski definition) is 3. The zero-order chi connectivity index (χ0) is 10.5. The van der Waals surface area contributed by atoms with Crippen LogP contribution < -0.4 is 11.5 Å². The molecule has 5 N–H and O–H groups in total. The first-order valence-electron chi connectivity index (χ1n) is 3.41. The Balaban J connectivity index is 0.000000671. The van der Waals surface area contributed by atoms with Crippen LogP contribution in [-0.4, -0.2) is 20.0 Å². The van der Waals surface area contributed by atoms with Crippen molar-refractivity contribution in [3.8, 4) is 0 Å². The van der Waals surface area contributed by atoms with Crippen LogP contribution in [0.25, 0.3) is 0 Å². The van der Waals surface area contributed by atoms with Gasteiger partial charge >= 0.3 is 0 Å². The lowest BCUT2D eigenvalue weighted by molar-refractivity contribution is 0.483. The maximum atomic E-state index is 10.5. The first kappa shape index (κ1) is 11.9. The molecule has 0 saturated carbocycles. The van der Waals surface area contributed by atoms with Crippen molar-refractivity contribution in [1.82, 2.24) is 0 Å². The zero-order valence-corrected chi connectivity index (χ0v) is 7.95. The molecule has 0 heterocycles. The third kappa shape index (κ3) is 3.88. The van der Waals surface area contributed by atoms with Crippen LogP contribution in [0.2, 0.25) is 0 Å². The van der Waals surface area contributed by atoms with Crippen LogP contribution in [0.5, 0.6) is 0 Å². The Kier molecular flexibility index (Phi) is 4.39. The van der Waals surface area contributed by atoms with E-state index in [1.54, 1.807) is 0 Å². The maximum absolute atomic E-state index is 10.5. The predicted molar refractivity (Wildman–Crippen MR) is 50.8 cm³/mol. The van der Waals surface area contributed by atoms with Gasteiger partial charge in [-0.05, 0) is 31.3 Å². The summed E-state index contributed by atoms with van der Waals surface area (Å²) in [6.45, 7) is 0. The quantitative estimate of drug-likeness (QED) is 0.444. The van der Waals surface area contributed by atoms with Gasteiger partial charge in [-0.15, -0.1) is 0 Å². The van der Waals surface area contributed by atoms with Gasteiger partial charge in [-0.2, -0.15) is 8.42 Å². The minimum absolute atomic E-state index is 0.147. The van der Waals surface area contributed by atoms with E-state index in [0.29, 0.717) is 5.69 Å². The fourth-order valence-electron chi connectivity index (χ4n) is 0.640. The Labute approximate surface area is 77.1 Å². The van der Waals surface area contributed by atoms with Crippen LogP contribution in [0.1, 0.15) is 0 Å². The zero-order valence-electron chi connectivity index (χ0n) is 7.14.